The van der Waals surface area contributed by atoms with Crippen molar-refractivity contribution in [3.8, 4) is 22.6 Å². The summed E-state index contributed by atoms with van der Waals surface area (Å²) in [5, 5.41) is 0. The molecular weight excluding hydrogens is 425 g/mol. The highest BCUT2D eigenvalue weighted by molar-refractivity contribution is 5.66. The number of rotatable bonds is 11. The number of hydrogen-bond donors (Lipinski definition) is 0. The number of unbranched alkanes of at least 4 members (excludes halogenated alkanes) is 3. The van der Waals surface area contributed by atoms with E-state index in [4.69, 9.17) is 4.74 Å². The van der Waals surface area contributed by atoms with Gasteiger partial charge in [-0.2, -0.15) is 8.78 Å². The van der Waals surface area contributed by atoms with E-state index in [0.717, 1.165) is 34.9 Å². The lowest BCUT2D eigenvalue weighted by atomic mass is 10.0. The van der Waals surface area contributed by atoms with Crippen LogP contribution < -0.4 is 9.47 Å². The Hall–Kier alpha value is -3.21. The minimum Gasteiger partial charge on any atom is -0.494 e. The van der Waals surface area contributed by atoms with Gasteiger partial charge in [0.2, 0.25) is 5.83 Å². The number of hydrogen-bond acceptors (Lipinski definition) is 2. The van der Waals surface area contributed by atoms with Crippen LogP contribution in [0.1, 0.15) is 43.7 Å². The molecule has 5 heteroatoms. The van der Waals surface area contributed by atoms with E-state index in [1.165, 1.54) is 31.4 Å². The zero-order chi connectivity index (χ0) is 23.7. The first-order chi connectivity index (χ1) is 15.9. The van der Waals surface area contributed by atoms with Gasteiger partial charge < -0.3 is 9.47 Å². The van der Waals surface area contributed by atoms with Gasteiger partial charge in [0.25, 0.3) is 0 Å². The van der Waals surface area contributed by atoms with Gasteiger partial charge in [-0.05, 0) is 65.9 Å². The highest BCUT2D eigenvalue weighted by atomic mass is 19.3. The van der Waals surface area contributed by atoms with Crippen LogP contribution in [-0.2, 0) is 0 Å². The minimum absolute atomic E-state index is 0.0905. The Labute approximate surface area is 193 Å². The van der Waals surface area contributed by atoms with Crippen molar-refractivity contribution >= 4 is 6.08 Å². The molecule has 0 saturated carbocycles. The van der Waals surface area contributed by atoms with E-state index in [2.05, 4.69) is 11.7 Å². The van der Waals surface area contributed by atoms with E-state index in [0.29, 0.717) is 12.2 Å². The minimum atomic E-state index is -4.06. The Morgan fingerprint density at radius 1 is 0.848 bits per heavy atom. The summed E-state index contributed by atoms with van der Waals surface area (Å²) in [7, 11) is 0. The maximum Gasteiger partial charge on any atom is 0.454 e. The number of aryl methyl sites for hydroxylation is 1. The highest BCUT2D eigenvalue weighted by Gasteiger charge is 2.38. The third-order valence-corrected chi connectivity index (χ3v) is 5.17. The van der Waals surface area contributed by atoms with E-state index in [-0.39, 0.29) is 5.75 Å². The molecule has 3 aromatic rings. The summed E-state index contributed by atoms with van der Waals surface area (Å²) in [6.45, 7) is 4.62. The second kappa shape index (κ2) is 11.6. The summed E-state index contributed by atoms with van der Waals surface area (Å²) in [5.74, 6) is -0.933. The molecule has 3 aromatic carbocycles. The van der Waals surface area contributed by atoms with E-state index in [1.54, 1.807) is 43.3 Å². The predicted molar refractivity (Wildman–Crippen MR) is 127 cm³/mol. The van der Waals surface area contributed by atoms with Gasteiger partial charge in [0, 0.05) is 0 Å². The molecule has 0 aliphatic carbocycles. The van der Waals surface area contributed by atoms with Crippen molar-refractivity contribution in [3.05, 3.63) is 89.8 Å². The van der Waals surface area contributed by atoms with Gasteiger partial charge in [0.05, 0.1) is 6.61 Å². The molecule has 0 heterocycles. The molecule has 2 nitrogen and oxygen atoms in total. The molecule has 0 aliphatic heterocycles. The quantitative estimate of drug-likeness (QED) is 0.270. The van der Waals surface area contributed by atoms with E-state index in [1.807, 2.05) is 24.3 Å². The summed E-state index contributed by atoms with van der Waals surface area (Å²) < 4.78 is 52.9. The fourth-order valence-corrected chi connectivity index (χ4v) is 3.34. The molecule has 174 valence electrons. The molecule has 0 N–H and O–H groups in total. The largest absolute Gasteiger partial charge is 0.494 e. The van der Waals surface area contributed by atoms with Gasteiger partial charge in [-0.25, -0.2) is 4.39 Å². The third kappa shape index (κ3) is 7.41. The fourth-order valence-electron chi connectivity index (χ4n) is 3.34. The Kier molecular flexibility index (Phi) is 8.58. The number of alkyl halides is 2. The Morgan fingerprint density at radius 3 is 2.15 bits per heavy atom. The van der Waals surface area contributed by atoms with Crippen LogP contribution in [0.15, 0.2) is 78.6 Å². The summed E-state index contributed by atoms with van der Waals surface area (Å²) in [6.07, 6.45) is 1.35. The van der Waals surface area contributed by atoms with Gasteiger partial charge in [0.1, 0.15) is 11.5 Å². The van der Waals surface area contributed by atoms with Crippen molar-refractivity contribution in [1.82, 2.24) is 0 Å². The smallest absolute Gasteiger partial charge is 0.454 e. The number of halogens is 3. The SMILES string of the molecule is CCCCCCOc1ccc(-c2ccc(/C=C(\F)C(F)(F)Oc3cccc(C)c3)cc2)cc1. The van der Waals surface area contributed by atoms with Crippen LogP contribution in [0.5, 0.6) is 11.5 Å². The lowest BCUT2D eigenvalue weighted by Crippen LogP contribution is -2.25. The lowest BCUT2D eigenvalue weighted by molar-refractivity contribution is -0.155. The van der Waals surface area contributed by atoms with Crippen molar-refractivity contribution in [3.63, 3.8) is 0 Å². The molecule has 0 radical (unpaired) electrons. The average Bonchev–Trinajstić information content (AvgIpc) is 2.80. The number of benzene rings is 3. The average molecular weight is 455 g/mol. The van der Waals surface area contributed by atoms with Crippen molar-refractivity contribution in [2.45, 2.75) is 45.6 Å². The molecule has 0 saturated heterocycles. The molecule has 0 amide bonds. The first-order valence-corrected chi connectivity index (χ1v) is 11.2. The summed E-state index contributed by atoms with van der Waals surface area (Å²) in [5.41, 5.74) is 2.91. The van der Waals surface area contributed by atoms with Crippen LogP contribution in [0.3, 0.4) is 0 Å². The van der Waals surface area contributed by atoms with Gasteiger partial charge in [-0.15, -0.1) is 0 Å². The van der Waals surface area contributed by atoms with Crippen molar-refractivity contribution in [2.24, 2.45) is 0 Å². The second-order valence-electron chi connectivity index (χ2n) is 7.98. The summed E-state index contributed by atoms with van der Waals surface area (Å²) in [6, 6.07) is 20.5. The molecule has 0 aliphatic rings. The zero-order valence-corrected chi connectivity index (χ0v) is 19.0. The molecule has 0 fully saturated rings. The molecule has 3 rings (SSSR count). The molecule has 33 heavy (non-hydrogen) atoms. The molecule has 0 bridgehead atoms. The van der Waals surface area contributed by atoms with Gasteiger partial charge in [0.15, 0.2) is 0 Å². The topological polar surface area (TPSA) is 18.5 Å². The standard InChI is InChI=1S/C28H29F3O2/c1-3-4-5-6-18-32-25-16-14-24(15-17-25)23-12-10-22(11-13-23)20-27(29)28(30,31)33-26-9-7-8-21(2)19-26/h7-17,19-20H,3-6,18H2,1-2H3/b27-20-. The Balaban J connectivity index is 1.61. The summed E-state index contributed by atoms with van der Waals surface area (Å²) >= 11 is 0. The normalized spacial score (nSPS) is 12.0. The van der Waals surface area contributed by atoms with E-state index >= 15 is 0 Å². The fraction of sp³-hybridized carbons (Fsp3) is 0.286. The third-order valence-electron chi connectivity index (χ3n) is 5.17. The predicted octanol–water partition coefficient (Wildman–Crippen LogP) is 8.60. The highest BCUT2D eigenvalue weighted by Crippen LogP contribution is 2.31. The lowest BCUT2D eigenvalue weighted by Gasteiger charge is -2.16. The van der Waals surface area contributed by atoms with E-state index in [9.17, 15) is 13.2 Å². The van der Waals surface area contributed by atoms with Crippen molar-refractivity contribution in [1.29, 1.82) is 0 Å². The first kappa shape index (κ1) is 24.4. The van der Waals surface area contributed by atoms with Crippen molar-refractivity contribution in [2.75, 3.05) is 6.61 Å². The van der Waals surface area contributed by atoms with E-state index < -0.39 is 11.9 Å². The van der Waals surface area contributed by atoms with Crippen LogP contribution in [0.25, 0.3) is 17.2 Å². The van der Waals surface area contributed by atoms with Crippen LogP contribution in [0.4, 0.5) is 13.2 Å². The molecule has 0 spiro atoms. The molecule has 0 atom stereocenters. The maximum absolute atomic E-state index is 14.3. The van der Waals surface area contributed by atoms with Crippen LogP contribution in [-0.4, -0.2) is 12.7 Å². The molecule has 0 unspecified atom stereocenters. The monoisotopic (exact) mass is 454 g/mol. The second-order valence-corrected chi connectivity index (χ2v) is 7.98. The first-order valence-electron chi connectivity index (χ1n) is 11.2. The summed E-state index contributed by atoms with van der Waals surface area (Å²) in [4.78, 5) is 0. The van der Waals surface area contributed by atoms with Gasteiger partial charge in [-0.3, -0.25) is 0 Å². The number of ether oxygens (including phenoxy) is 2. The van der Waals surface area contributed by atoms with Crippen LogP contribution in [0.2, 0.25) is 0 Å². The maximum atomic E-state index is 14.3. The van der Waals surface area contributed by atoms with Gasteiger partial charge in [-0.1, -0.05) is 74.7 Å². The van der Waals surface area contributed by atoms with Crippen LogP contribution >= 0.6 is 0 Å². The Morgan fingerprint density at radius 2 is 1.52 bits per heavy atom. The van der Waals surface area contributed by atoms with Crippen LogP contribution in [0, 0.1) is 6.92 Å². The molecule has 0 aromatic heterocycles. The van der Waals surface area contributed by atoms with Crippen molar-refractivity contribution < 1.29 is 22.6 Å². The Bertz CT molecular complexity index is 1040. The zero-order valence-electron chi connectivity index (χ0n) is 19.0. The van der Waals surface area contributed by atoms with Gasteiger partial charge >= 0.3 is 6.11 Å². The molecular formula is C28H29F3O2.